The summed E-state index contributed by atoms with van der Waals surface area (Å²) in [6, 6.07) is 17.9. The molecule has 3 rings (SSSR count). The zero-order valence-corrected chi connectivity index (χ0v) is 19.5. The first-order chi connectivity index (χ1) is 15.1. The average molecular weight is 439 g/mol. The van der Waals surface area contributed by atoms with Gasteiger partial charge in [0.2, 0.25) is 11.8 Å². The van der Waals surface area contributed by atoms with Gasteiger partial charge in [0.1, 0.15) is 6.04 Å². The van der Waals surface area contributed by atoms with Crippen molar-refractivity contribution >= 4 is 23.6 Å². The average Bonchev–Trinajstić information content (AvgIpc) is 2.79. The van der Waals surface area contributed by atoms with E-state index in [-0.39, 0.29) is 17.9 Å². The Labute approximate surface area is 190 Å². The van der Waals surface area contributed by atoms with Gasteiger partial charge in [-0.25, -0.2) is 0 Å². The molecule has 2 aromatic rings. The van der Waals surface area contributed by atoms with Crippen LogP contribution in [0.25, 0.3) is 0 Å². The summed E-state index contributed by atoms with van der Waals surface area (Å²) in [5.74, 6) is 0.308. The van der Waals surface area contributed by atoms with Crippen LogP contribution < -0.4 is 5.32 Å². The zero-order chi connectivity index (χ0) is 22.1. The lowest BCUT2D eigenvalue weighted by molar-refractivity contribution is -0.139. The molecule has 166 valence electrons. The summed E-state index contributed by atoms with van der Waals surface area (Å²) < 4.78 is 0. The van der Waals surface area contributed by atoms with E-state index in [1.807, 2.05) is 49.4 Å². The number of hydrogen-bond acceptors (Lipinski definition) is 3. The van der Waals surface area contributed by atoms with Crippen LogP contribution in [0, 0.1) is 6.92 Å². The van der Waals surface area contributed by atoms with Gasteiger partial charge in [-0.2, -0.15) is 0 Å². The van der Waals surface area contributed by atoms with Gasteiger partial charge < -0.3 is 10.2 Å². The Bertz CT molecular complexity index is 832. The minimum absolute atomic E-state index is 0.0000669. The number of thioether (sulfide) groups is 1. The molecule has 1 N–H and O–H groups in total. The molecule has 2 amide bonds. The maximum Gasteiger partial charge on any atom is 0.243 e. The van der Waals surface area contributed by atoms with E-state index in [0.717, 1.165) is 23.3 Å². The molecule has 0 aromatic heterocycles. The van der Waals surface area contributed by atoms with Crippen molar-refractivity contribution in [2.24, 2.45) is 0 Å². The fraction of sp³-hybridized carbons (Fsp3) is 0.462. The SMILES string of the molecule is CC[C@H](C(=O)NC1CCCCC1)N(Cc1ccccc1)C(=O)CSc1ccc(C)cc1. The highest BCUT2D eigenvalue weighted by molar-refractivity contribution is 8.00. The maximum absolute atomic E-state index is 13.3. The van der Waals surface area contributed by atoms with E-state index in [4.69, 9.17) is 0 Å². The van der Waals surface area contributed by atoms with Crippen molar-refractivity contribution in [2.45, 2.75) is 75.9 Å². The van der Waals surface area contributed by atoms with Crippen LogP contribution >= 0.6 is 11.8 Å². The normalized spacial score (nSPS) is 15.3. The van der Waals surface area contributed by atoms with Gasteiger partial charge in [-0.15, -0.1) is 11.8 Å². The summed E-state index contributed by atoms with van der Waals surface area (Å²) in [5.41, 5.74) is 2.24. The first-order valence-electron chi connectivity index (χ1n) is 11.4. The van der Waals surface area contributed by atoms with Gasteiger partial charge in [-0.05, 0) is 43.9 Å². The van der Waals surface area contributed by atoms with E-state index in [1.165, 1.54) is 36.6 Å². The number of hydrogen-bond donors (Lipinski definition) is 1. The second kappa shape index (κ2) is 11.9. The zero-order valence-electron chi connectivity index (χ0n) is 18.7. The second-order valence-electron chi connectivity index (χ2n) is 8.38. The van der Waals surface area contributed by atoms with E-state index in [2.05, 4.69) is 24.4 Å². The van der Waals surface area contributed by atoms with Crippen molar-refractivity contribution < 1.29 is 9.59 Å². The Morgan fingerprint density at radius 2 is 1.71 bits per heavy atom. The molecule has 1 saturated carbocycles. The van der Waals surface area contributed by atoms with Crippen molar-refractivity contribution in [3.8, 4) is 0 Å². The third-order valence-electron chi connectivity index (χ3n) is 5.92. The van der Waals surface area contributed by atoms with Gasteiger partial charge in [0.15, 0.2) is 0 Å². The molecule has 0 bridgehead atoms. The number of benzene rings is 2. The highest BCUT2D eigenvalue weighted by atomic mass is 32.2. The first-order valence-corrected chi connectivity index (χ1v) is 12.4. The first kappa shape index (κ1) is 23.4. The van der Waals surface area contributed by atoms with Crippen LogP contribution in [0.3, 0.4) is 0 Å². The van der Waals surface area contributed by atoms with Gasteiger partial charge >= 0.3 is 0 Å². The van der Waals surface area contributed by atoms with Gasteiger partial charge in [0.25, 0.3) is 0 Å². The third-order valence-corrected chi connectivity index (χ3v) is 6.91. The molecule has 1 atom stereocenters. The van der Waals surface area contributed by atoms with Gasteiger partial charge in [-0.1, -0.05) is 74.2 Å². The molecular formula is C26H34N2O2S. The maximum atomic E-state index is 13.3. The Morgan fingerprint density at radius 3 is 2.35 bits per heavy atom. The van der Waals surface area contributed by atoms with E-state index in [9.17, 15) is 9.59 Å². The predicted octanol–water partition coefficient (Wildman–Crippen LogP) is 5.34. The van der Waals surface area contributed by atoms with E-state index < -0.39 is 6.04 Å². The molecule has 0 spiro atoms. The van der Waals surface area contributed by atoms with E-state index in [0.29, 0.717) is 18.7 Å². The molecule has 0 unspecified atom stereocenters. The number of aryl methyl sites for hydroxylation is 1. The van der Waals surface area contributed by atoms with Gasteiger partial charge in [-0.3, -0.25) is 9.59 Å². The number of nitrogens with zero attached hydrogens (tertiary/aromatic N) is 1. The minimum atomic E-state index is -0.451. The number of carbonyl (C=O) groups is 2. The Morgan fingerprint density at radius 1 is 1.03 bits per heavy atom. The van der Waals surface area contributed by atoms with Crippen LogP contribution in [0.4, 0.5) is 0 Å². The lowest BCUT2D eigenvalue weighted by atomic mass is 9.95. The molecule has 2 aromatic carbocycles. The Hall–Kier alpha value is -2.27. The molecule has 31 heavy (non-hydrogen) atoms. The van der Waals surface area contributed by atoms with Crippen molar-refractivity contribution in [1.82, 2.24) is 10.2 Å². The van der Waals surface area contributed by atoms with Crippen LogP contribution in [0.15, 0.2) is 59.5 Å². The number of amides is 2. The predicted molar refractivity (Wildman–Crippen MR) is 128 cm³/mol. The van der Waals surface area contributed by atoms with Crippen molar-refractivity contribution in [1.29, 1.82) is 0 Å². The number of rotatable bonds is 9. The minimum Gasteiger partial charge on any atom is -0.352 e. The summed E-state index contributed by atoms with van der Waals surface area (Å²) >= 11 is 1.53. The number of carbonyl (C=O) groups excluding carboxylic acids is 2. The fourth-order valence-corrected chi connectivity index (χ4v) is 4.89. The highest BCUT2D eigenvalue weighted by Gasteiger charge is 2.30. The largest absolute Gasteiger partial charge is 0.352 e. The quantitative estimate of drug-likeness (QED) is 0.537. The van der Waals surface area contributed by atoms with Gasteiger partial charge in [0, 0.05) is 17.5 Å². The van der Waals surface area contributed by atoms with Crippen molar-refractivity contribution in [2.75, 3.05) is 5.75 Å². The fourth-order valence-electron chi connectivity index (χ4n) is 4.11. The molecular weight excluding hydrogens is 404 g/mol. The van der Waals surface area contributed by atoms with Gasteiger partial charge in [0.05, 0.1) is 5.75 Å². The van der Waals surface area contributed by atoms with Crippen LogP contribution in [-0.4, -0.2) is 34.6 Å². The topological polar surface area (TPSA) is 49.4 Å². The third kappa shape index (κ3) is 7.13. The standard InChI is InChI=1S/C26H34N2O2S/c1-3-24(26(30)27-22-12-8-5-9-13-22)28(18-21-10-6-4-7-11-21)25(29)19-31-23-16-14-20(2)15-17-23/h4,6-7,10-11,14-17,22,24H,3,5,8-9,12-13,18-19H2,1-2H3,(H,27,30)/t24-/m1/s1. The van der Waals surface area contributed by atoms with Crippen LogP contribution in [0.5, 0.6) is 0 Å². The molecule has 0 heterocycles. The highest BCUT2D eigenvalue weighted by Crippen LogP contribution is 2.22. The lowest BCUT2D eigenvalue weighted by Crippen LogP contribution is -2.52. The van der Waals surface area contributed by atoms with Crippen molar-refractivity contribution in [3.05, 3.63) is 65.7 Å². The molecule has 0 aliphatic heterocycles. The summed E-state index contributed by atoms with van der Waals surface area (Å²) in [4.78, 5) is 29.3. The summed E-state index contributed by atoms with van der Waals surface area (Å²) in [5, 5.41) is 3.23. The van der Waals surface area contributed by atoms with Crippen molar-refractivity contribution in [3.63, 3.8) is 0 Å². The van der Waals surface area contributed by atoms with Crippen LogP contribution in [0.2, 0.25) is 0 Å². The summed E-state index contributed by atoms with van der Waals surface area (Å²) in [6.07, 6.45) is 6.27. The Kier molecular flexibility index (Phi) is 9.01. The molecule has 1 aliphatic carbocycles. The van der Waals surface area contributed by atoms with Crippen LogP contribution in [-0.2, 0) is 16.1 Å². The van der Waals surface area contributed by atoms with E-state index in [1.54, 1.807) is 4.90 Å². The summed E-state index contributed by atoms with van der Waals surface area (Å²) in [6.45, 7) is 4.49. The Balaban J connectivity index is 1.72. The second-order valence-corrected chi connectivity index (χ2v) is 9.43. The van der Waals surface area contributed by atoms with E-state index >= 15 is 0 Å². The molecule has 0 radical (unpaired) electrons. The monoisotopic (exact) mass is 438 g/mol. The molecule has 4 nitrogen and oxygen atoms in total. The smallest absolute Gasteiger partial charge is 0.243 e. The summed E-state index contributed by atoms with van der Waals surface area (Å²) in [7, 11) is 0. The number of nitrogens with one attached hydrogen (secondary N) is 1. The molecule has 1 aliphatic rings. The van der Waals surface area contributed by atoms with Crippen LogP contribution in [0.1, 0.15) is 56.6 Å². The molecule has 5 heteroatoms. The molecule has 0 saturated heterocycles. The molecule has 1 fully saturated rings. The lowest BCUT2D eigenvalue weighted by Gasteiger charge is -2.32.